The maximum atomic E-state index is 5.71. The van der Waals surface area contributed by atoms with Crippen molar-refractivity contribution in [3.8, 4) is 11.3 Å². The van der Waals surface area contributed by atoms with Crippen LogP contribution in [-0.2, 0) is 11.2 Å². The molecule has 3 aromatic rings. The second-order valence-electron chi connectivity index (χ2n) is 10.1. The molecular formula is C27H37N5O. The number of rotatable bonds is 8. The van der Waals surface area contributed by atoms with Crippen LogP contribution in [0.4, 0.5) is 11.5 Å². The van der Waals surface area contributed by atoms with Crippen LogP contribution >= 0.6 is 0 Å². The first-order valence-corrected chi connectivity index (χ1v) is 12.5. The van der Waals surface area contributed by atoms with Gasteiger partial charge in [0.25, 0.3) is 0 Å². The molecule has 3 aromatic heterocycles. The van der Waals surface area contributed by atoms with Crippen LogP contribution in [0.15, 0.2) is 24.3 Å². The summed E-state index contributed by atoms with van der Waals surface area (Å²) in [5.41, 5.74) is 8.30. The van der Waals surface area contributed by atoms with Crippen molar-refractivity contribution in [2.24, 2.45) is 11.8 Å². The number of nitrogens with zero attached hydrogens (tertiary/aromatic N) is 5. The Morgan fingerprint density at radius 2 is 1.88 bits per heavy atom. The molecule has 2 aliphatic rings. The molecule has 1 atom stereocenters. The summed E-state index contributed by atoms with van der Waals surface area (Å²) < 4.78 is 7.88. The monoisotopic (exact) mass is 447 g/mol. The zero-order valence-corrected chi connectivity index (χ0v) is 20.8. The van der Waals surface area contributed by atoms with Crippen molar-refractivity contribution < 1.29 is 4.74 Å². The fraction of sp³-hybridized carbons (Fsp3) is 0.556. The Bertz CT molecular complexity index is 1120. The maximum Gasteiger partial charge on any atom is 0.128 e. The lowest BCUT2D eigenvalue weighted by molar-refractivity contribution is 0.186. The molecule has 5 rings (SSSR count). The van der Waals surface area contributed by atoms with E-state index in [4.69, 9.17) is 14.8 Å². The molecule has 2 fully saturated rings. The number of hydrogen-bond acceptors (Lipinski definition) is 5. The highest BCUT2D eigenvalue weighted by molar-refractivity contribution is 5.80. The number of aromatic nitrogens is 3. The molecule has 1 saturated carbocycles. The third-order valence-corrected chi connectivity index (χ3v) is 7.13. The van der Waals surface area contributed by atoms with Crippen LogP contribution < -0.4 is 9.80 Å². The van der Waals surface area contributed by atoms with E-state index < -0.39 is 0 Å². The van der Waals surface area contributed by atoms with E-state index in [1.165, 1.54) is 40.9 Å². The smallest absolute Gasteiger partial charge is 0.128 e. The average Bonchev–Trinajstić information content (AvgIpc) is 3.30. The maximum absolute atomic E-state index is 5.71. The summed E-state index contributed by atoms with van der Waals surface area (Å²) in [6.45, 7) is 10.5. The Morgan fingerprint density at radius 1 is 1.09 bits per heavy atom. The van der Waals surface area contributed by atoms with Crippen molar-refractivity contribution in [2.45, 2.75) is 46.5 Å². The van der Waals surface area contributed by atoms with Gasteiger partial charge in [-0.2, -0.15) is 5.10 Å². The van der Waals surface area contributed by atoms with Crippen molar-refractivity contribution >= 4 is 17.0 Å². The first-order valence-electron chi connectivity index (χ1n) is 12.5. The van der Waals surface area contributed by atoms with Crippen LogP contribution in [0.25, 0.3) is 16.8 Å². The lowest BCUT2D eigenvalue weighted by Crippen LogP contribution is -2.32. The summed E-state index contributed by atoms with van der Waals surface area (Å²) in [7, 11) is 4.08. The molecule has 33 heavy (non-hydrogen) atoms. The van der Waals surface area contributed by atoms with E-state index in [0.717, 1.165) is 62.3 Å². The van der Waals surface area contributed by atoms with Crippen LogP contribution in [0.1, 0.15) is 43.1 Å². The van der Waals surface area contributed by atoms with Gasteiger partial charge >= 0.3 is 0 Å². The van der Waals surface area contributed by atoms with E-state index in [1.54, 1.807) is 0 Å². The summed E-state index contributed by atoms with van der Waals surface area (Å²) >= 11 is 0. The van der Waals surface area contributed by atoms with Gasteiger partial charge < -0.3 is 14.5 Å². The summed E-state index contributed by atoms with van der Waals surface area (Å²) in [6.07, 6.45) is 4.79. The molecule has 6 heteroatoms. The van der Waals surface area contributed by atoms with E-state index in [2.05, 4.69) is 59.4 Å². The van der Waals surface area contributed by atoms with Crippen molar-refractivity contribution in [3.63, 3.8) is 0 Å². The molecule has 0 spiro atoms. The number of ether oxygens (including phenoxy) is 1. The lowest BCUT2D eigenvalue weighted by Gasteiger charge is -2.27. The van der Waals surface area contributed by atoms with Crippen molar-refractivity contribution in [1.82, 2.24) is 14.6 Å². The normalized spacial score (nSPS) is 18.3. The molecular weight excluding hydrogens is 410 g/mol. The SMILES string of the molecule is CCc1nn2c(-c3c(C)cc(N(C)C)nc3C)cccc2c1N(CC1CC1)CC1CCOC1. The third-order valence-electron chi connectivity index (χ3n) is 7.13. The molecule has 1 unspecified atom stereocenters. The zero-order chi connectivity index (χ0) is 23.1. The van der Waals surface area contributed by atoms with Gasteiger partial charge in [0, 0.05) is 51.0 Å². The van der Waals surface area contributed by atoms with Gasteiger partial charge in [-0.3, -0.25) is 0 Å². The molecule has 0 radical (unpaired) electrons. The van der Waals surface area contributed by atoms with Gasteiger partial charge in [0.05, 0.1) is 29.2 Å². The van der Waals surface area contributed by atoms with Gasteiger partial charge in [-0.15, -0.1) is 0 Å². The first kappa shape index (κ1) is 22.2. The fourth-order valence-corrected chi connectivity index (χ4v) is 5.21. The standard InChI is InChI=1S/C27H37N5O/c1-6-22-27(31(15-20-10-11-20)16-21-12-13-33-17-21)24-9-7-8-23(32(24)29-22)26-18(2)14-25(30(4)5)28-19(26)3/h7-9,14,20-21H,6,10-13,15-17H2,1-5H3. The number of pyridine rings is 2. The van der Waals surface area contributed by atoms with Crippen LogP contribution in [0.3, 0.4) is 0 Å². The van der Waals surface area contributed by atoms with Crippen LogP contribution in [0.2, 0.25) is 0 Å². The van der Waals surface area contributed by atoms with Gasteiger partial charge in [-0.1, -0.05) is 13.0 Å². The van der Waals surface area contributed by atoms with Gasteiger partial charge in [-0.25, -0.2) is 9.50 Å². The first-order chi connectivity index (χ1) is 16.0. The largest absolute Gasteiger partial charge is 0.381 e. The highest BCUT2D eigenvalue weighted by Gasteiger charge is 2.30. The molecule has 1 aliphatic heterocycles. The lowest BCUT2D eigenvalue weighted by atomic mass is 10.0. The zero-order valence-electron chi connectivity index (χ0n) is 20.8. The molecule has 0 amide bonds. The minimum Gasteiger partial charge on any atom is -0.381 e. The Hall–Kier alpha value is -2.60. The van der Waals surface area contributed by atoms with Crippen molar-refractivity contribution in [1.29, 1.82) is 0 Å². The minimum atomic E-state index is 0.610. The van der Waals surface area contributed by atoms with E-state index in [9.17, 15) is 0 Å². The minimum absolute atomic E-state index is 0.610. The summed E-state index contributed by atoms with van der Waals surface area (Å²) in [5, 5.41) is 5.18. The molecule has 176 valence electrons. The number of hydrogen-bond donors (Lipinski definition) is 0. The van der Waals surface area contributed by atoms with Crippen molar-refractivity contribution in [2.75, 3.05) is 50.2 Å². The molecule has 4 heterocycles. The van der Waals surface area contributed by atoms with Crippen LogP contribution in [0, 0.1) is 25.7 Å². The number of anilines is 2. The highest BCUT2D eigenvalue weighted by Crippen LogP contribution is 2.37. The molecule has 1 aliphatic carbocycles. The highest BCUT2D eigenvalue weighted by atomic mass is 16.5. The van der Waals surface area contributed by atoms with Gasteiger partial charge in [0.2, 0.25) is 0 Å². The molecule has 0 aromatic carbocycles. The summed E-state index contributed by atoms with van der Waals surface area (Å²) in [5.74, 6) is 2.42. The Morgan fingerprint density at radius 3 is 2.52 bits per heavy atom. The molecule has 6 nitrogen and oxygen atoms in total. The van der Waals surface area contributed by atoms with Crippen LogP contribution in [0.5, 0.6) is 0 Å². The number of fused-ring (bicyclic) bond motifs is 1. The van der Waals surface area contributed by atoms with Crippen LogP contribution in [-0.4, -0.2) is 55.0 Å². The average molecular weight is 448 g/mol. The van der Waals surface area contributed by atoms with E-state index >= 15 is 0 Å². The Kier molecular flexibility index (Phi) is 6.04. The Balaban J connectivity index is 1.62. The number of aryl methyl sites for hydroxylation is 3. The second-order valence-corrected chi connectivity index (χ2v) is 10.1. The Labute approximate surface area is 197 Å². The summed E-state index contributed by atoms with van der Waals surface area (Å²) in [4.78, 5) is 9.58. The quantitative estimate of drug-likeness (QED) is 0.492. The third kappa shape index (κ3) is 4.33. The predicted octanol–water partition coefficient (Wildman–Crippen LogP) is 4.89. The fourth-order valence-electron chi connectivity index (χ4n) is 5.21. The molecule has 1 saturated heterocycles. The van der Waals surface area contributed by atoms with Gasteiger partial charge in [0.15, 0.2) is 0 Å². The van der Waals surface area contributed by atoms with E-state index in [-0.39, 0.29) is 0 Å². The van der Waals surface area contributed by atoms with Gasteiger partial charge in [0.1, 0.15) is 5.82 Å². The topological polar surface area (TPSA) is 45.9 Å². The van der Waals surface area contributed by atoms with Crippen molar-refractivity contribution in [3.05, 3.63) is 41.2 Å². The predicted molar refractivity (Wildman–Crippen MR) is 135 cm³/mol. The second kappa shape index (κ2) is 8.98. The molecule has 0 bridgehead atoms. The molecule has 0 N–H and O–H groups in total. The van der Waals surface area contributed by atoms with E-state index in [0.29, 0.717) is 5.92 Å². The van der Waals surface area contributed by atoms with E-state index in [1.807, 2.05) is 14.1 Å². The van der Waals surface area contributed by atoms with Gasteiger partial charge in [-0.05, 0) is 69.2 Å². The summed E-state index contributed by atoms with van der Waals surface area (Å²) in [6, 6.07) is 8.78.